The number of nitrogens with one attached hydrogen (secondary N) is 2. The van der Waals surface area contributed by atoms with E-state index in [1.54, 1.807) is 13.3 Å². The van der Waals surface area contributed by atoms with Crippen molar-refractivity contribution in [2.45, 2.75) is 44.8 Å². The maximum atomic E-state index is 6.20. The second kappa shape index (κ2) is 11.0. The van der Waals surface area contributed by atoms with E-state index < -0.39 is 0 Å². The second-order valence-corrected chi connectivity index (χ2v) is 7.78. The zero-order valence-corrected chi connectivity index (χ0v) is 18.1. The van der Waals surface area contributed by atoms with Gasteiger partial charge in [0, 0.05) is 16.6 Å². The Bertz CT molecular complexity index is 854. The Morgan fingerprint density at radius 3 is 2.72 bits per heavy atom. The Hall–Kier alpha value is -2.31. The fourth-order valence-corrected chi connectivity index (χ4v) is 3.70. The SMILES string of the molecule is COc1ccc(/C=N/NC(=S)NC2CCCCC2)cc1OCc1ccccc1Cl. The molecule has 7 heteroatoms. The summed E-state index contributed by atoms with van der Waals surface area (Å²) in [5.41, 5.74) is 4.67. The molecule has 0 radical (unpaired) electrons. The van der Waals surface area contributed by atoms with Crippen LogP contribution in [0.3, 0.4) is 0 Å². The molecule has 1 aliphatic rings. The highest BCUT2D eigenvalue weighted by atomic mass is 35.5. The van der Waals surface area contributed by atoms with Gasteiger partial charge in [-0.2, -0.15) is 5.10 Å². The molecule has 0 saturated heterocycles. The summed E-state index contributed by atoms with van der Waals surface area (Å²) in [7, 11) is 1.61. The van der Waals surface area contributed by atoms with E-state index in [1.807, 2.05) is 42.5 Å². The van der Waals surface area contributed by atoms with Crippen molar-refractivity contribution in [2.75, 3.05) is 7.11 Å². The van der Waals surface area contributed by atoms with Gasteiger partial charge in [0.05, 0.1) is 13.3 Å². The Morgan fingerprint density at radius 1 is 1.17 bits per heavy atom. The van der Waals surface area contributed by atoms with Gasteiger partial charge in [-0.1, -0.05) is 49.1 Å². The summed E-state index contributed by atoms with van der Waals surface area (Å²) < 4.78 is 11.3. The lowest BCUT2D eigenvalue weighted by Gasteiger charge is -2.23. The highest BCUT2D eigenvalue weighted by molar-refractivity contribution is 7.80. The molecule has 0 bridgehead atoms. The third-order valence-electron chi connectivity index (χ3n) is 4.85. The molecule has 154 valence electrons. The number of benzene rings is 2. The molecule has 0 aliphatic heterocycles. The van der Waals surface area contributed by atoms with E-state index in [2.05, 4.69) is 15.8 Å². The summed E-state index contributed by atoms with van der Waals surface area (Å²) in [4.78, 5) is 0. The summed E-state index contributed by atoms with van der Waals surface area (Å²) in [5.74, 6) is 1.27. The van der Waals surface area contributed by atoms with E-state index in [4.69, 9.17) is 33.3 Å². The van der Waals surface area contributed by atoms with Crippen molar-refractivity contribution >= 4 is 35.1 Å². The minimum Gasteiger partial charge on any atom is -0.493 e. The summed E-state index contributed by atoms with van der Waals surface area (Å²) in [6.07, 6.45) is 7.86. The van der Waals surface area contributed by atoms with Crippen LogP contribution in [0.1, 0.15) is 43.2 Å². The molecule has 0 aromatic heterocycles. The van der Waals surface area contributed by atoms with Crippen LogP contribution in [0, 0.1) is 0 Å². The Kier molecular flexibility index (Phi) is 8.14. The molecule has 2 aromatic rings. The van der Waals surface area contributed by atoms with Crippen LogP contribution in [0.15, 0.2) is 47.6 Å². The van der Waals surface area contributed by atoms with Crippen molar-refractivity contribution in [3.63, 3.8) is 0 Å². The molecule has 3 rings (SSSR count). The van der Waals surface area contributed by atoms with Gasteiger partial charge < -0.3 is 14.8 Å². The van der Waals surface area contributed by atoms with Crippen LogP contribution in [-0.4, -0.2) is 24.5 Å². The monoisotopic (exact) mass is 431 g/mol. The molecule has 2 aromatic carbocycles. The largest absolute Gasteiger partial charge is 0.493 e. The Morgan fingerprint density at radius 2 is 1.97 bits per heavy atom. The molecular formula is C22H26ClN3O2S. The van der Waals surface area contributed by atoms with Crippen LogP contribution >= 0.6 is 23.8 Å². The minimum atomic E-state index is 0.351. The maximum Gasteiger partial charge on any atom is 0.187 e. The van der Waals surface area contributed by atoms with Crippen LogP contribution in [0.2, 0.25) is 5.02 Å². The maximum absolute atomic E-state index is 6.20. The molecule has 0 atom stereocenters. The smallest absolute Gasteiger partial charge is 0.187 e. The fourth-order valence-electron chi connectivity index (χ4n) is 3.29. The van der Waals surface area contributed by atoms with Crippen molar-refractivity contribution < 1.29 is 9.47 Å². The van der Waals surface area contributed by atoms with Gasteiger partial charge in [-0.15, -0.1) is 0 Å². The zero-order valence-electron chi connectivity index (χ0n) is 16.5. The van der Waals surface area contributed by atoms with Crippen LogP contribution in [0.25, 0.3) is 0 Å². The molecule has 0 spiro atoms. The first-order valence-corrected chi connectivity index (χ1v) is 10.6. The molecule has 2 N–H and O–H groups in total. The van der Waals surface area contributed by atoms with Gasteiger partial charge in [-0.05, 0) is 54.9 Å². The number of hydrogen-bond donors (Lipinski definition) is 2. The van der Waals surface area contributed by atoms with E-state index >= 15 is 0 Å². The lowest BCUT2D eigenvalue weighted by atomic mass is 9.96. The third kappa shape index (κ3) is 6.61. The normalized spacial score (nSPS) is 14.6. The fraction of sp³-hybridized carbons (Fsp3) is 0.364. The number of nitrogens with zero attached hydrogens (tertiary/aromatic N) is 1. The number of methoxy groups -OCH3 is 1. The molecule has 1 saturated carbocycles. The molecule has 1 aliphatic carbocycles. The van der Waals surface area contributed by atoms with Gasteiger partial charge in [0.1, 0.15) is 6.61 Å². The molecule has 1 fully saturated rings. The van der Waals surface area contributed by atoms with Crippen molar-refractivity contribution in [2.24, 2.45) is 5.10 Å². The van der Waals surface area contributed by atoms with Crippen LogP contribution in [0.4, 0.5) is 0 Å². The molecule has 5 nitrogen and oxygen atoms in total. The van der Waals surface area contributed by atoms with Gasteiger partial charge in [-0.25, -0.2) is 0 Å². The van der Waals surface area contributed by atoms with E-state index in [0.717, 1.165) is 24.0 Å². The number of thiocarbonyl (C=S) groups is 1. The molecular weight excluding hydrogens is 406 g/mol. The van der Waals surface area contributed by atoms with E-state index in [9.17, 15) is 0 Å². The van der Waals surface area contributed by atoms with Crippen molar-refractivity contribution in [3.05, 3.63) is 58.6 Å². The van der Waals surface area contributed by atoms with Crippen LogP contribution in [-0.2, 0) is 6.61 Å². The van der Waals surface area contributed by atoms with Gasteiger partial charge in [-0.3, -0.25) is 5.43 Å². The van der Waals surface area contributed by atoms with Crippen molar-refractivity contribution in [1.29, 1.82) is 0 Å². The predicted molar refractivity (Wildman–Crippen MR) is 122 cm³/mol. The van der Waals surface area contributed by atoms with E-state index in [-0.39, 0.29) is 0 Å². The Labute approximate surface area is 182 Å². The molecule has 0 unspecified atom stereocenters. The number of hydrazone groups is 1. The quantitative estimate of drug-likeness (QED) is 0.364. The summed E-state index contributed by atoms with van der Waals surface area (Å²) >= 11 is 11.5. The van der Waals surface area contributed by atoms with Crippen molar-refractivity contribution in [1.82, 2.24) is 10.7 Å². The van der Waals surface area contributed by atoms with Crippen LogP contribution in [0.5, 0.6) is 11.5 Å². The first-order chi connectivity index (χ1) is 14.2. The van der Waals surface area contributed by atoms with Gasteiger partial charge in [0.25, 0.3) is 0 Å². The average Bonchev–Trinajstić information content (AvgIpc) is 2.74. The summed E-state index contributed by atoms with van der Waals surface area (Å²) in [5, 5.41) is 8.79. The third-order valence-corrected chi connectivity index (χ3v) is 5.43. The molecule has 0 heterocycles. The van der Waals surface area contributed by atoms with Gasteiger partial charge in [0.15, 0.2) is 16.6 Å². The lowest BCUT2D eigenvalue weighted by molar-refractivity contribution is 0.284. The minimum absolute atomic E-state index is 0.351. The highest BCUT2D eigenvalue weighted by Crippen LogP contribution is 2.29. The zero-order chi connectivity index (χ0) is 20.5. The van der Waals surface area contributed by atoms with E-state index in [1.165, 1.54) is 19.3 Å². The average molecular weight is 432 g/mol. The number of ether oxygens (including phenoxy) is 2. The number of rotatable bonds is 7. The number of halogens is 1. The molecule has 0 amide bonds. The summed E-state index contributed by atoms with van der Waals surface area (Å²) in [6.45, 7) is 0.351. The summed E-state index contributed by atoms with van der Waals surface area (Å²) in [6, 6.07) is 13.7. The highest BCUT2D eigenvalue weighted by Gasteiger charge is 2.13. The van der Waals surface area contributed by atoms with E-state index in [0.29, 0.717) is 34.3 Å². The topological polar surface area (TPSA) is 54.9 Å². The van der Waals surface area contributed by atoms with Crippen LogP contribution < -0.4 is 20.2 Å². The second-order valence-electron chi connectivity index (χ2n) is 6.97. The van der Waals surface area contributed by atoms with Gasteiger partial charge >= 0.3 is 0 Å². The first-order valence-electron chi connectivity index (χ1n) is 9.79. The number of hydrogen-bond acceptors (Lipinski definition) is 4. The first kappa shape index (κ1) is 21.4. The van der Waals surface area contributed by atoms with Crippen molar-refractivity contribution in [3.8, 4) is 11.5 Å². The van der Waals surface area contributed by atoms with Gasteiger partial charge in [0.2, 0.25) is 0 Å². The molecule has 29 heavy (non-hydrogen) atoms. The standard InChI is InChI=1S/C22H26ClN3O2S/c1-27-20-12-11-16(13-21(20)28-15-17-7-5-6-10-19(17)23)14-24-26-22(29)25-18-8-3-2-4-9-18/h5-7,10-14,18H,2-4,8-9,15H2,1H3,(H2,25,26,29)/b24-14+. The Balaban J connectivity index is 1.58. The lowest BCUT2D eigenvalue weighted by Crippen LogP contribution is -2.40. The predicted octanol–water partition coefficient (Wildman–Crippen LogP) is 5.06.